The second kappa shape index (κ2) is 6.24. The lowest BCUT2D eigenvalue weighted by molar-refractivity contribution is 0.114. The second-order valence-electron chi connectivity index (χ2n) is 3.13. The third kappa shape index (κ3) is 5.94. The maximum absolute atomic E-state index is 9.38. The Morgan fingerprint density at radius 3 is 2.45 bits per heavy atom. The summed E-state index contributed by atoms with van der Waals surface area (Å²) in [4.78, 5) is 0. The van der Waals surface area contributed by atoms with Gasteiger partial charge in [-0.2, -0.15) is 0 Å². The van der Waals surface area contributed by atoms with Crippen LogP contribution in [-0.2, 0) is 0 Å². The normalized spacial score (nSPS) is 12.5. The summed E-state index contributed by atoms with van der Waals surface area (Å²) in [6.45, 7) is 5.92. The highest BCUT2D eigenvalue weighted by molar-refractivity contribution is 4.94. The van der Waals surface area contributed by atoms with Crippen LogP contribution >= 0.6 is 0 Å². The average molecular weight is 154 g/mol. The predicted octanol–water partition coefficient (Wildman–Crippen LogP) is 2.20. The van der Waals surface area contributed by atoms with Crippen LogP contribution < -0.4 is 0 Å². The first-order valence-electron chi connectivity index (χ1n) is 4.26. The van der Waals surface area contributed by atoms with Gasteiger partial charge in [0.25, 0.3) is 0 Å². The van der Waals surface area contributed by atoms with Crippen LogP contribution in [0.3, 0.4) is 0 Å². The van der Waals surface area contributed by atoms with Crippen molar-refractivity contribution in [1.82, 2.24) is 0 Å². The van der Waals surface area contributed by atoms with Gasteiger partial charge in [-0.1, -0.05) is 13.8 Å². The first-order valence-corrected chi connectivity index (χ1v) is 4.26. The number of hydrogen-bond donors (Lipinski definition) is 1. The standard InChI is InChI=1S/C10H18O/c1-4-5-6-7-8-10(11)9(2)3/h9-11H,6-8H2,1-3H3. The van der Waals surface area contributed by atoms with Crippen LogP contribution in [0.15, 0.2) is 0 Å². The molecular weight excluding hydrogens is 136 g/mol. The van der Waals surface area contributed by atoms with Gasteiger partial charge in [0.2, 0.25) is 0 Å². The Morgan fingerprint density at radius 1 is 1.36 bits per heavy atom. The zero-order valence-corrected chi connectivity index (χ0v) is 7.72. The maximum atomic E-state index is 9.38. The van der Waals surface area contributed by atoms with Crippen LogP contribution in [0.4, 0.5) is 0 Å². The van der Waals surface area contributed by atoms with Crippen LogP contribution in [0.5, 0.6) is 0 Å². The van der Waals surface area contributed by atoms with Crippen molar-refractivity contribution in [3.05, 3.63) is 0 Å². The molecule has 0 amide bonds. The molecule has 0 radical (unpaired) electrons. The zero-order chi connectivity index (χ0) is 8.69. The summed E-state index contributed by atoms with van der Waals surface area (Å²) in [5.74, 6) is 6.20. The fourth-order valence-corrected chi connectivity index (χ4v) is 0.858. The van der Waals surface area contributed by atoms with E-state index in [1.807, 2.05) is 20.8 Å². The van der Waals surface area contributed by atoms with Gasteiger partial charge >= 0.3 is 0 Å². The molecular formula is C10H18O. The molecule has 0 aliphatic carbocycles. The van der Waals surface area contributed by atoms with Crippen LogP contribution in [0, 0.1) is 17.8 Å². The van der Waals surface area contributed by atoms with Crippen molar-refractivity contribution in [2.75, 3.05) is 0 Å². The van der Waals surface area contributed by atoms with Gasteiger partial charge in [0.05, 0.1) is 6.10 Å². The molecule has 0 fully saturated rings. The van der Waals surface area contributed by atoms with Crippen molar-refractivity contribution in [2.24, 2.45) is 5.92 Å². The minimum absolute atomic E-state index is 0.145. The zero-order valence-electron chi connectivity index (χ0n) is 7.72. The number of rotatable bonds is 4. The summed E-state index contributed by atoms with van der Waals surface area (Å²) < 4.78 is 0. The van der Waals surface area contributed by atoms with Gasteiger partial charge in [-0.15, -0.1) is 11.8 Å². The van der Waals surface area contributed by atoms with E-state index in [9.17, 15) is 5.11 Å². The van der Waals surface area contributed by atoms with E-state index < -0.39 is 0 Å². The van der Waals surface area contributed by atoms with Gasteiger partial charge in [-0.25, -0.2) is 0 Å². The number of aliphatic hydroxyl groups is 1. The van der Waals surface area contributed by atoms with E-state index in [4.69, 9.17) is 0 Å². The molecule has 11 heavy (non-hydrogen) atoms. The third-order valence-corrected chi connectivity index (χ3v) is 1.75. The van der Waals surface area contributed by atoms with E-state index in [0.29, 0.717) is 5.92 Å². The van der Waals surface area contributed by atoms with E-state index >= 15 is 0 Å². The van der Waals surface area contributed by atoms with E-state index in [2.05, 4.69) is 11.8 Å². The highest BCUT2D eigenvalue weighted by Crippen LogP contribution is 2.08. The summed E-state index contributed by atoms with van der Waals surface area (Å²) in [7, 11) is 0. The molecule has 0 bridgehead atoms. The Morgan fingerprint density at radius 2 is 2.00 bits per heavy atom. The summed E-state index contributed by atoms with van der Waals surface area (Å²) in [5.41, 5.74) is 0. The van der Waals surface area contributed by atoms with Gasteiger partial charge in [-0.3, -0.25) is 0 Å². The molecule has 0 aromatic carbocycles. The van der Waals surface area contributed by atoms with Crippen LogP contribution in [-0.4, -0.2) is 11.2 Å². The lowest BCUT2D eigenvalue weighted by atomic mass is 10.0. The van der Waals surface area contributed by atoms with Crippen LogP contribution in [0.25, 0.3) is 0 Å². The number of unbranched alkanes of at least 4 members (excludes halogenated alkanes) is 1. The SMILES string of the molecule is CC#CCCCC(O)C(C)C. The van der Waals surface area contributed by atoms with Crippen molar-refractivity contribution >= 4 is 0 Å². The largest absolute Gasteiger partial charge is 0.393 e. The van der Waals surface area contributed by atoms with Crippen molar-refractivity contribution in [3.63, 3.8) is 0 Å². The second-order valence-corrected chi connectivity index (χ2v) is 3.13. The summed E-state index contributed by atoms with van der Waals surface area (Å²) in [6.07, 6.45) is 2.67. The molecule has 0 aromatic rings. The fraction of sp³-hybridized carbons (Fsp3) is 0.800. The average Bonchev–Trinajstić information content (AvgIpc) is 1.97. The van der Waals surface area contributed by atoms with Gasteiger partial charge in [0.1, 0.15) is 0 Å². The van der Waals surface area contributed by atoms with Gasteiger partial charge in [0.15, 0.2) is 0 Å². The molecule has 64 valence electrons. The first-order chi connectivity index (χ1) is 5.18. The molecule has 1 nitrogen and oxygen atoms in total. The molecule has 1 unspecified atom stereocenters. The van der Waals surface area contributed by atoms with Crippen molar-refractivity contribution in [3.8, 4) is 11.8 Å². The van der Waals surface area contributed by atoms with E-state index in [0.717, 1.165) is 19.3 Å². The predicted molar refractivity (Wildman–Crippen MR) is 48.1 cm³/mol. The van der Waals surface area contributed by atoms with E-state index in [1.54, 1.807) is 0 Å². The van der Waals surface area contributed by atoms with Gasteiger partial charge in [-0.05, 0) is 25.7 Å². The highest BCUT2D eigenvalue weighted by atomic mass is 16.3. The van der Waals surface area contributed by atoms with Crippen LogP contribution in [0.2, 0.25) is 0 Å². The third-order valence-electron chi connectivity index (χ3n) is 1.75. The molecule has 1 atom stereocenters. The molecule has 1 N–H and O–H groups in total. The lowest BCUT2D eigenvalue weighted by Gasteiger charge is -2.12. The quantitative estimate of drug-likeness (QED) is 0.486. The molecule has 0 saturated heterocycles. The Balaban J connectivity index is 3.29. The Hall–Kier alpha value is -0.480. The summed E-state index contributed by atoms with van der Waals surface area (Å²) >= 11 is 0. The number of hydrogen-bond acceptors (Lipinski definition) is 1. The minimum atomic E-state index is -0.145. The first kappa shape index (κ1) is 10.5. The molecule has 0 rings (SSSR count). The Kier molecular flexibility index (Phi) is 5.97. The minimum Gasteiger partial charge on any atom is -0.393 e. The molecule has 0 heterocycles. The molecule has 0 aliphatic rings. The van der Waals surface area contributed by atoms with Gasteiger partial charge < -0.3 is 5.11 Å². The number of aliphatic hydroxyl groups excluding tert-OH is 1. The van der Waals surface area contributed by atoms with Crippen molar-refractivity contribution in [2.45, 2.75) is 46.1 Å². The van der Waals surface area contributed by atoms with Gasteiger partial charge in [0, 0.05) is 6.42 Å². The Bertz CT molecular complexity index is 139. The monoisotopic (exact) mass is 154 g/mol. The molecule has 1 heteroatoms. The van der Waals surface area contributed by atoms with E-state index in [1.165, 1.54) is 0 Å². The summed E-state index contributed by atoms with van der Waals surface area (Å²) in [5, 5.41) is 9.38. The molecule has 0 aromatic heterocycles. The maximum Gasteiger partial charge on any atom is 0.0563 e. The van der Waals surface area contributed by atoms with Crippen molar-refractivity contribution < 1.29 is 5.11 Å². The fourth-order valence-electron chi connectivity index (χ4n) is 0.858. The van der Waals surface area contributed by atoms with Crippen molar-refractivity contribution in [1.29, 1.82) is 0 Å². The lowest BCUT2D eigenvalue weighted by Crippen LogP contribution is -2.13. The van der Waals surface area contributed by atoms with E-state index in [-0.39, 0.29) is 6.10 Å². The molecule has 0 aliphatic heterocycles. The summed E-state index contributed by atoms with van der Waals surface area (Å²) in [6, 6.07) is 0. The highest BCUT2D eigenvalue weighted by Gasteiger charge is 2.06. The topological polar surface area (TPSA) is 20.2 Å². The van der Waals surface area contributed by atoms with Crippen LogP contribution in [0.1, 0.15) is 40.0 Å². The molecule has 0 spiro atoms. The molecule has 0 saturated carbocycles. The smallest absolute Gasteiger partial charge is 0.0563 e. The Labute approximate surface area is 69.8 Å².